The Labute approximate surface area is 189 Å². The van der Waals surface area contributed by atoms with Gasteiger partial charge in [-0.1, -0.05) is 18.0 Å². The van der Waals surface area contributed by atoms with Crippen LogP contribution in [0.15, 0.2) is 35.0 Å². The van der Waals surface area contributed by atoms with E-state index < -0.39 is 0 Å². The maximum absolute atomic E-state index is 12.4. The summed E-state index contributed by atoms with van der Waals surface area (Å²) in [5, 5.41) is 18.7. The minimum Gasteiger partial charge on any atom is -0.352 e. The summed E-state index contributed by atoms with van der Waals surface area (Å²) in [6.07, 6.45) is 5.18. The van der Waals surface area contributed by atoms with Gasteiger partial charge in [-0.3, -0.25) is 9.59 Å². The third-order valence-corrected chi connectivity index (χ3v) is 6.26. The molecular weight excluding hydrogens is 434 g/mol. The number of carbonyl (C=O) groups excluding carboxylic acids is 2. The summed E-state index contributed by atoms with van der Waals surface area (Å²) >= 11 is 7.93. The fourth-order valence-electron chi connectivity index (χ4n) is 3.63. The molecule has 4 rings (SSSR count). The molecule has 2 N–H and O–H groups in total. The van der Waals surface area contributed by atoms with Gasteiger partial charge in [-0.25, -0.2) is 0 Å². The van der Waals surface area contributed by atoms with Gasteiger partial charge >= 0.3 is 0 Å². The molecular formula is C22H24ClN5O2S. The molecule has 0 saturated heterocycles. The molecule has 2 aromatic heterocycles. The first kappa shape index (κ1) is 21.5. The summed E-state index contributed by atoms with van der Waals surface area (Å²) in [5.41, 5.74) is 2.08. The molecule has 2 amide bonds. The van der Waals surface area contributed by atoms with E-state index in [0.717, 1.165) is 43.0 Å². The van der Waals surface area contributed by atoms with Gasteiger partial charge in [-0.15, -0.1) is 10.2 Å². The van der Waals surface area contributed by atoms with Gasteiger partial charge in [0.15, 0.2) is 5.82 Å². The molecule has 0 bridgehead atoms. The molecule has 0 fully saturated rings. The number of carbonyl (C=O) groups is 2. The van der Waals surface area contributed by atoms with Crippen molar-refractivity contribution in [2.45, 2.75) is 45.1 Å². The number of aromatic nitrogens is 3. The highest BCUT2D eigenvalue weighted by atomic mass is 35.5. The Balaban J connectivity index is 1.35. The lowest BCUT2D eigenvalue weighted by Gasteiger charge is -2.11. The zero-order valence-electron chi connectivity index (χ0n) is 17.1. The van der Waals surface area contributed by atoms with E-state index in [4.69, 9.17) is 11.6 Å². The largest absolute Gasteiger partial charge is 0.352 e. The minimum atomic E-state index is -0.114. The Kier molecular flexibility index (Phi) is 6.99. The van der Waals surface area contributed by atoms with E-state index >= 15 is 0 Å². The molecule has 0 atom stereocenters. The van der Waals surface area contributed by atoms with Crippen LogP contribution >= 0.6 is 22.9 Å². The van der Waals surface area contributed by atoms with Gasteiger partial charge in [0.05, 0.1) is 5.02 Å². The molecule has 162 valence electrons. The zero-order chi connectivity index (χ0) is 21.6. The molecule has 0 spiro atoms. The number of anilines is 1. The lowest BCUT2D eigenvalue weighted by atomic mass is 10.1. The molecule has 3 heterocycles. The topological polar surface area (TPSA) is 88.9 Å². The maximum atomic E-state index is 12.4. The summed E-state index contributed by atoms with van der Waals surface area (Å²) in [7, 11) is 0. The van der Waals surface area contributed by atoms with Crippen LogP contribution in [0, 0.1) is 0 Å². The normalized spacial score (nSPS) is 13.3. The Hall–Kier alpha value is -2.71. The van der Waals surface area contributed by atoms with Gasteiger partial charge in [0.2, 0.25) is 5.91 Å². The highest BCUT2D eigenvalue weighted by Gasteiger charge is 2.18. The van der Waals surface area contributed by atoms with E-state index in [-0.39, 0.29) is 11.8 Å². The third kappa shape index (κ3) is 5.32. The standard InChI is InChI=1S/C22H24ClN5O2S/c23-18-8-7-16(13-17(18)21-27-26-19-5-2-1-3-11-28(19)21)25-20(29)6-4-10-24-22(30)15-9-12-31-14-15/h7-9,12-14H,1-6,10-11H2,(H,24,30)(H,25,29). The maximum Gasteiger partial charge on any atom is 0.252 e. The van der Waals surface area contributed by atoms with Gasteiger partial charge in [-0.2, -0.15) is 11.3 Å². The van der Waals surface area contributed by atoms with Crippen molar-refractivity contribution in [2.75, 3.05) is 11.9 Å². The van der Waals surface area contributed by atoms with Crippen molar-refractivity contribution >= 4 is 40.4 Å². The lowest BCUT2D eigenvalue weighted by Crippen LogP contribution is -2.25. The first-order chi connectivity index (χ1) is 15.1. The van der Waals surface area contributed by atoms with E-state index in [0.29, 0.717) is 35.7 Å². The van der Waals surface area contributed by atoms with Crippen molar-refractivity contribution in [3.8, 4) is 11.4 Å². The molecule has 1 aliphatic heterocycles. The zero-order valence-corrected chi connectivity index (χ0v) is 18.6. The third-order valence-electron chi connectivity index (χ3n) is 5.25. The smallest absolute Gasteiger partial charge is 0.252 e. The van der Waals surface area contributed by atoms with Crippen LogP contribution in [0.2, 0.25) is 5.02 Å². The van der Waals surface area contributed by atoms with Crippen molar-refractivity contribution < 1.29 is 9.59 Å². The van der Waals surface area contributed by atoms with Gasteiger partial charge in [0.1, 0.15) is 5.82 Å². The van der Waals surface area contributed by atoms with Crippen LogP contribution in [0.3, 0.4) is 0 Å². The Morgan fingerprint density at radius 1 is 1.16 bits per heavy atom. The summed E-state index contributed by atoms with van der Waals surface area (Å²) in [6.45, 7) is 1.32. The van der Waals surface area contributed by atoms with Crippen molar-refractivity contribution in [2.24, 2.45) is 0 Å². The molecule has 0 saturated carbocycles. The number of benzene rings is 1. The van der Waals surface area contributed by atoms with Crippen molar-refractivity contribution in [3.63, 3.8) is 0 Å². The van der Waals surface area contributed by atoms with E-state index in [9.17, 15) is 9.59 Å². The first-order valence-corrected chi connectivity index (χ1v) is 11.8. The van der Waals surface area contributed by atoms with E-state index in [2.05, 4.69) is 25.4 Å². The predicted octanol–water partition coefficient (Wildman–Crippen LogP) is 4.54. The predicted molar refractivity (Wildman–Crippen MR) is 123 cm³/mol. The second-order valence-corrected chi connectivity index (χ2v) is 8.70. The van der Waals surface area contributed by atoms with Crippen molar-refractivity contribution in [1.29, 1.82) is 0 Å². The van der Waals surface area contributed by atoms with Crippen LogP contribution < -0.4 is 10.6 Å². The molecule has 0 radical (unpaired) electrons. The van der Waals surface area contributed by atoms with Gasteiger partial charge in [0, 0.05) is 48.1 Å². The van der Waals surface area contributed by atoms with Crippen LogP contribution in [0.1, 0.15) is 48.3 Å². The second-order valence-electron chi connectivity index (χ2n) is 7.52. The average Bonchev–Trinajstić information content (AvgIpc) is 3.38. The Morgan fingerprint density at radius 3 is 2.90 bits per heavy atom. The lowest BCUT2D eigenvalue weighted by molar-refractivity contribution is -0.116. The van der Waals surface area contributed by atoms with Crippen LogP contribution in [-0.2, 0) is 17.8 Å². The first-order valence-electron chi connectivity index (χ1n) is 10.4. The quantitative estimate of drug-likeness (QED) is 0.510. The number of rotatable bonds is 7. The second kappa shape index (κ2) is 10.1. The number of halogens is 1. The highest BCUT2D eigenvalue weighted by Crippen LogP contribution is 2.31. The Bertz CT molecular complexity index is 1060. The van der Waals surface area contributed by atoms with Crippen molar-refractivity contribution in [3.05, 3.63) is 51.4 Å². The molecule has 3 aromatic rings. The van der Waals surface area contributed by atoms with Crippen LogP contribution in [0.25, 0.3) is 11.4 Å². The number of aryl methyl sites for hydroxylation is 1. The van der Waals surface area contributed by atoms with E-state index in [1.807, 2.05) is 11.4 Å². The summed E-state index contributed by atoms with van der Waals surface area (Å²) in [5.74, 6) is 1.51. The molecule has 7 nitrogen and oxygen atoms in total. The SMILES string of the molecule is O=C(CCCNC(=O)c1ccsc1)Nc1ccc(Cl)c(-c2nnc3n2CCCCC3)c1. The number of nitrogens with zero attached hydrogens (tertiary/aromatic N) is 3. The number of thiophene rings is 1. The van der Waals surface area contributed by atoms with Gasteiger partial charge in [-0.05, 0) is 48.9 Å². The molecule has 9 heteroatoms. The Morgan fingerprint density at radius 2 is 2.06 bits per heavy atom. The number of fused-ring (bicyclic) bond motifs is 1. The molecule has 0 aliphatic carbocycles. The van der Waals surface area contributed by atoms with Gasteiger partial charge < -0.3 is 15.2 Å². The number of nitrogens with one attached hydrogen (secondary N) is 2. The van der Waals surface area contributed by atoms with E-state index in [1.165, 1.54) is 17.8 Å². The number of amides is 2. The van der Waals surface area contributed by atoms with Crippen LogP contribution in [-0.4, -0.2) is 33.1 Å². The monoisotopic (exact) mass is 457 g/mol. The number of hydrogen-bond acceptors (Lipinski definition) is 5. The van der Waals surface area contributed by atoms with Crippen LogP contribution in [0.5, 0.6) is 0 Å². The van der Waals surface area contributed by atoms with Gasteiger partial charge in [0.25, 0.3) is 5.91 Å². The fourth-order valence-corrected chi connectivity index (χ4v) is 4.47. The summed E-state index contributed by atoms with van der Waals surface area (Å²) in [4.78, 5) is 24.3. The van der Waals surface area contributed by atoms with E-state index in [1.54, 1.807) is 23.6 Å². The number of hydrogen-bond donors (Lipinski definition) is 2. The highest BCUT2D eigenvalue weighted by molar-refractivity contribution is 7.08. The summed E-state index contributed by atoms with van der Waals surface area (Å²) < 4.78 is 2.13. The fraction of sp³-hybridized carbons (Fsp3) is 0.364. The molecule has 31 heavy (non-hydrogen) atoms. The molecule has 1 aromatic carbocycles. The van der Waals surface area contributed by atoms with Crippen molar-refractivity contribution in [1.82, 2.24) is 20.1 Å². The van der Waals surface area contributed by atoms with Crippen LogP contribution in [0.4, 0.5) is 5.69 Å². The summed E-state index contributed by atoms with van der Waals surface area (Å²) in [6, 6.07) is 7.17. The minimum absolute atomic E-state index is 0.113. The molecule has 0 unspecified atom stereocenters. The molecule has 1 aliphatic rings. The average molecular weight is 458 g/mol.